The molecular formula is C7H12O3. The van der Waals surface area contributed by atoms with Crippen LogP contribution in [-0.2, 0) is 14.3 Å². The first kappa shape index (κ1) is 7.54. The van der Waals surface area contributed by atoms with Gasteiger partial charge in [0.25, 0.3) is 0 Å². The molecule has 1 unspecified atom stereocenters. The van der Waals surface area contributed by atoms with Crippen molar-refractivity contribution in [3.8, 4) is 0 Å². The fraction of sp³-hybridized carbons (Fsp3) is 0.857. The van der Waals surface area contributed by atoms with Crippen molar-refractivity contribution in [2.24, 2.45) is 5.92 Å². The molecule has 10 heavy (non-hydrogen) atoms. The van der Waals surface area contributed by atoms with Crippen LogP contribution in [0.15, 0.2) is 0 Å². The van der Waals surface area contributed by atoms with Crippen LogP contribution in [0.4, 0.5) is 0 Å². The summed E-state index contributed by atoms with van der Waals surface area (Å²) in [4.78, 5) is 10.6. The molecule has 1 aliphatic rings. The van der Waals surface area contributed by atoms with Crippen molar-refractivity contribution in [1.29, 1.82) is 0 Å². The predicted molar refractivity (Wildman–Crippen MR) is 35.3 cm³/mol. The lowest BCUT2D eigenvalue weighted by molar-refractivity contribution is -0.165. The molecule has 58 valence electrons. The number of carbonyl (C=O) groups excluding carboxylic acids is 1. The molecule has 3 nitrogen and oxygen atoms in total. The van der Waals surface area contributed by atoms with Gasteiger partial charge in [-0.25, -0.2) is 0 Å². The summed E-state index contributed by atoms with van der Waals surface area (Å²) in [5, 5.41) is 0. The van der Waals surface area contributed by atoms with Crippen molar-refractivity contribution in [3.05, 3.63) is 0 Å². The van der Waals surface area contributed by atoms with Gasteiger partial charge in [0.05, 0.1) is 6.42 Å². The highest BCUT2D eigenvalue weighted by Gasteiger charge is 2.31. The van der Waals surface area contributed by atoms with Gasteiger partial charge in [-0.2, -0.15) is 0 Å². The number of ether oxygens (including phenoxy) is 2. The minimum Gasteiger partial charge on any atom is -0.435 e. The summed E-state index contributed by atoms with van der Waals surface area (Å²) in [5.41, 5.74) is 0. The summed E-state index contributed by atoms with van der Waals surface area (Å²) < 4.78 is 10.00. The van der Waals surface area contributed by atoms with E-state index in [-0.39, 0.29) is 18.2 Å². The van der Waals surface area contributed by atoms with Crippen molar-refractivity contribution in [2.45, 2.75) is 26.6 Å². The molecule has 1 saturated heterocycles. The van der Waals surface area contributed by atoms with E-state index >= 15 is 0 Å². The second kappa shape index (κ2) is 3.01. The Morgan fingerprint density at radius 1 is 1.80 bits per heavy atom. The van der Waals surface area contributed by atoms with Gasteiger partial charge in [-0.15, -0.1) is 0 Å². The fourth-order valence-electron chi connectivity index (χ4n) is 1.02. The number of rotatable bonds is 2. The third-order valence-electron chi connectivity index (χ3n) is 1.53. The molecule has 0 N–H and O–H groups in total. The molecule has 0 spiro atoms. The van der Waals surface area contributed by atoms with Crippen LogP contribution in [0.25, 0.3) is 0 Å². The van der Waals surface area contributed by atoms with Crippen LogP contribution >= 0.6 is 0 Å². The first-order valence-electron chi connectivity index (χ1n) is 3.55. The van der Waals surface area contributed by atoms with E-state index in [1.807, 2.05) is 13.8 Å². The van der Waals surface area contributed by atoms with E-state index in [4.69, 9.17) is 9.47 Å². The van der Waals surface area contributed by atoms with Crippen LogP contribution in [-0.4, -0.2) is 18.9 Å². The monoisotopic (exact) mass is 144 g/mol. The molecule has 0 aromatic carbocycles. The van der Waals surface area contributed by atoms with Crippen LogP contribution < -0.4 is 0 Å². The third-order valence-corrected chi connectivity index (χ3v) is 1.53. The van der Waals surface area contributed by atoms with Crippen molar-refractivity contribution in [3.63, 3.8) is 0 Å². The van der Waals surface area contributed by atoms with Gasteiger partial charge in [-0.05, 0) is 6.92 Å². The average Bonchev–Trinajstić information content (AvgIpc) is 2.13. The highest BCUT2D eigenvalue weighted by molar-refractivity contribution is 5.71. The maximum Gasteiger partial charge on any atom is 0.308 e. The molecule has 1 heterocycles. The standard InChI is InChI=1S/C7H12O3/c1-3-9-7-5(2)4-6(8)10-7/h5,7H,3-4H2,1-2H3/t5?,7-/m0/s1. The van der Waals surface area contributed by atoms with Gasteiger partial charge < -0.3 is 9.47 Å². The summed E-state index contributed by atoms with van der Waals surface area (Å²) in [5.74, 6) is 0.0680. The van der Waals surface area contributed by atoms with Crippen molar-refractivity contribution in [1.82, 2.24) is 0 Å². The second-order valence-electron chi connectivity index (χ2n) is 2.50. The van der Waals surface area contributed by atoms with Gasteiger partial charge in [0.15, 0.2) is 0 Å². The largest absolute Gasteiger partial charge is 0.435 e. The Bertz CT molecular complexity index is 133. The van der Waals surface area contributed by atoms with E-state index in [1.54, 1.807) is 0 Å². The lowest BCUT2D eigenvalue weighted by atomic mass is 10.1. The van der Waals surface area contributed by atoms with Crippen LogP contribution in [0.5, 0.6) is 0 Å². The zero-order chi connectivity index (χ0) is 7.56. The molecule has 2 atom stereocenters. The van der Waals surface area contributed by atoms with Gasteiger partial charge in [-0.3, -0.25) is 4.79 Å². The smallest absolute Gasteiger partial charge is 0.308 e. The molecule has 0 amide bonds. The minimum absolute atomic E-state index is 0.147. The first-order chi connectivity index (χ1) is 4.74. The fourth-order valence-corrected chi connectivity index (χ4v) is 1.02. The topological polar surface area (TPSA) is 35.5 Å². The van der Waals surface area contributed by atoms with E-state index in [0.717, 1.165) is 0 Å². The maximum absolute atomic E-state index is 10.6. The molecule has 0 aromatic rings. The zero-order valence-electron chi connectivity index (χ0n) is 6.29. The van der Waals surface area contributed by atoms with E-state index in [1.165, 1.54) is 0 Å². The van der Waals surface area contributed by atoms with Crippen molar-refractivity contribution >= 4 is 5.97 Å². The highest BCUT2D eigenvalue weighted by Crippen LogP contribution is 2.21. The van der Waals surface area contributed by atoms with E-state index < -0.39 is 0 Å². The molecular weight excluding hydrogens is 132 g/mol. The Morgan fingerprint density at radius 2 is 2.50 bits per heavy atom. The molecule has 0 radical (unpaired) electrons. The first-order valence-corrected chi connectivity index (χ1v) is 3.55. The minimum atomic E-state index is -0.294. The quantitative estimate of drug-likeness (QED) is 0.541. The Balaban J connectivity index is 2.38. The molecule has 0 aliphatic carbocycles. The Kier molecular flexibility index (Phi) is 2.27. The Labute approximate surface area is 60.3 Å². The predicted octanol–water partition coefficient (Wildman–Crippen LogP) is 0.932. The number of hydrogen-bond donors (Lipinski definition) is 0. The van der Waals surface area contributed by atoms with Crippen LogP contribution in [0.3, 0.4) is 0 Å². The molecule has 3 heteroatoms. The van der Waals surface area contributed by atoms with Crippen LogP contribution in [0.1, 0.15) is 20.3 Å². The van der Waals surface area contributed by atoms with E-state index in [0.29, 0.717) is 13.0 Å². The van der Waals surface area contributed by atoms with Crippen molar-refractivity contribution in [2.75, 3.05) is 6.61 Å². The second-order valence-corrected chi connectivity index (χ2v) is 2.50. The van der Waals surface area contributed by atoms with Gasteiger partial charge >= 0.3 is 5.97 Å². The molecule has 1 fully saturated rings. The summed E-state index contributed by atoms with van der Waals surface area (Å²) in [6.07, 6.45) is 0.197. The average molecular weight is 144 g/mol. The Hall–Kier alpha value is -0.570. The van der Waals surface area contributed by atoms with E-state index in [2.05, 4.69) is 0 Å². The number of esters is 1. The summed E-state index contributed by atoms with van der Waals surface area (Å²) in [6.45, 7) is 4.44. The molecule has 0 saturated carbocycles. The van der Waals surface area contributed by atoms with Gasteiger partial charge in [0, 0.05) is 12.5 Å². The maximum atomic E-state index is 10.6. The Morgan fingerprint density at radius 3 is 2.90 bits per heavy atom. The lowest BCUT2D eigenvalue weighted by Crippen LogP contribution is -2.17. The van der Waals surface area contributed by atoms with Gasteiger partial charge in [0.2, 0.25) is 6.29 Å². The third kappa shape index (κ3) is 1.48. The SMILES string of the molecule is CCO[C@H]1OC(=O)CC1C. The molecule has 1 rings (SSSR count). The highest BCUT2D eigenvalue weighted by atomic mass is 16.7. The molecule has 0 bridgehead atoms. The van der Waals surface area contributed by atoms with Gasteiger partial charge in [-0.1, -0.05) is 6.92 Å². The number of cyclic esters (lactones) is 1. The number of hydrogen-bond acceptors (Lipinski definition) is 3. The lowest BCUT2D eigenvalue weighted by Gasteiger charge is -2.12. The van der Waals surface area contributed by atoms with Crippen molar-refractivity contribution < 1.29 is 14.3 Å². The summed E-state index contributed by atoms with van der Waals surface area (Å²) in [6, 6.07) is 0. The summed E-state index contributed by atoms with van der Waals surface area (Å²) in [7, 11) is 0. The van der Waals surface area contributed by atoms with Crippen LogP contribution in [0.2, 0.25) is 0 Å². The van der Waals surface area contributed by atoms with Gasteiger partial charge in [0.1, 0.15) is 0 Å². The van der Waals surface area contributed by atoms with E-state index in [9.17, 15) is 4.79 Å². The summed E-state index contributed by atoms with van der Waals surface area (Å²) >= 11 is 0. The number of carbonyl (C=O) groups is 1. The molecule has 0 aromatic heterocycles. The molecule has 1 aliphatic heterocycles. The zero-order valence-corrected chi connectivity index (χ0v) is 6.29. The normalized spacial score (nSPS) is 32.4. The van der Waals surface area contributed by atoms with Crippen LogP contribution in [0, 0.1) is 5.92 Å².